The lowest BCUT2D eigenvalue weighted by Gasteiger charge is -2.36. The largest absolute Gasteiger partial charge is 0.465 e. The van der Waals surface area contributed by atoms with Crippen molar-refractivity contribution in [1.82, 2.24) is 19.7 Å². The molecule has 47 heavy (non-hydrogen) atoms. The van der Waals surface area contributed by atoms with E-state index >= 15 is 0 Å². The molecule has 6 aromatic rings. The Morgan fingerprint density at radius 3 is 1.96 bits per heavy atom. The number of anilines is 1. The Balaban J connectivity index is 1.30. The molecule has 3 heterocycles. The van der Waals surface area contributed by atoms with Crippen LogP contribution in [0.2, 0.25) is 0 Å². The summed E-state index contributed by atoms with van der Waals surface area (Å²) in [6, 6.07) is 40.6. The fraction of sp³-hybridized carbons (Fsp3) is 0.225. The van der Waals surface area contributed by atoms with Crippen molar-refractivity contribution in [3.8, 4) is 11.1 Å². The highest BCUT2D eigenvalue weighted by Gasteiger charge is 2.39. The van der Waals surface area contributed by atoms with Gasteiger partial charge in [0, 0.05) is 55.2 Å². The first-order valence-corrected chi connectivity index (χ1v) is 16.3. The predicted molar refractivity (Wildman–Crippen MR) is 188 cm³/mol. The number of pyridine rings is 1. The topological polar surface area (TPSA) is 63.5 Å². The van der Waals surface area contributed by atoms with Crippen LogP contribution in [0.3, 0.4) is 0 Å². The summed E-state index contributed by atoms with van der Waals surface area (Å²) in [6.45, 7) is 7.94. The van der Waals surface area contributed by atoms with Gasteiger partial charge >= 0.3 is 5.97 Å². The average molecular weight is 622 g/mol. The van der Waals surface area contributed by atoms with Gasteiger partial charge in [0.1, 0.15) is 5.54 Å². The first kappa shape index (κ1) is 30.4. The minimum atomic E-state index is -0.681. The molecule has 0 amide bonds. The number of benzene rings is 4. The number of piperazine rings is 1. The molecule has 1 aliphatic heterocycles. The zero-order valence-electron chi connectivity index (χ0n) is 26.9. The molecule has 1 aliphatic rings. The predicted octanol–water partition coefficient (Wildman–Crippen LogP) is 6.93. The molecule has 0 atom stereocenters. The van der Waals surface area contributed by atoms with Crippen LogP contribution >= 0.6 is 0 Å². The molecule has 0 aliphatic carbocycles. The third-order valence-corrected chi connectivity index (χ3v) is 9.22. The molecule has 1 fully saturated rings. The number of carbonyl (C=O) groups excluding carboxylic acids is 1. The number of aryl methyl sites for hydroxylation is 1. The molecule has 0 N–H and O–H groups in total. The number of fused-ring (bicyclic) bond motifs is 1. The summed E-state index contributed by atoms with van der Waals surface area (Å²) < 4.78 is 7.31. The van der Waals surface area contributed by atoms with Crippen molar-refractivity contribution in [2.45, 2.75) is 19.4 Å². The van der Waals surface area contributed by atoms with Crippen LogP contribution in [0.5, 0.6) is 0 Å². The standard InChI is InChI=1S/C40H39N5O2/c1-3-47-39(46)29-43-23-25-44(26-24-43)38-21-22-41-37-20-19-31(27-35(37)38)36-28-45(42-30(36)2)40(32-13-7-4-8-14-32,33-15-9-5-10-16-33)34-17-11-6-12-18-34/h4-22,27-28H,3,23-26,29H2,1-2H3. The Morgan fingerprint density at radius 1 is 0.787 bits per heavy atom. The molecule has 236 valence electrons. The van der Waals surface area contributed by atoms with E-state index in [0.29, 0.717) is 13.2 Å². The molecule has 7 nitrogen and oxygen atoms in total. The van der Waals surface area contributed by atoms with Gasteiger partial charge < -0.3 is 9.64 Å². The lowest BCUT2D eigenvalue weighted by atomic mass is 9.77. The summed E-state index contributed by atoms with van der Waals surface area (Å²) in [5, 5.41) is 6.38. The maximum Gasteiger partial charge on any atom is 0.320 e. The molecule has 0 bridgehead atoms. The highest BCUT2D eigenvalue weighted by Crippen LogP contribution is 2.42. The third-order valence-electron chi connectivity index (χ3n) is 9.22. The SMILES string of the molecule is CCOC(=O)CN1CCN(c2ccnc3ccc(-c4cn(C(c5ccccc5)(c5ccccc5)c5ccccc5)nc4C)cc23)CC1. The van der Waals surface area contributed by atoms with Crippen LogP contribution in [0.4, 0.5) is 5.69 Å². The van der Waals surface area contributed by atoms with E-state index in [-0.39, 0.29) is 5.97 Å². The van der Waals surface area contributed by atoms with E-state index in [1.807, 2.05) is 13.1 Å². The number of hydrogen-bond donors (Lipinski definition) is 0. The van der Waals surface area contributed by atoms with E-state index in [2.05, 4.69) is 143 Å². The van der Waals surface area contributed by atoms with Crippen LogP contribution in [0.1, 0.15) is 29.3 Å². The van der Waals surface area contributed by atoms with Gasteiger partial charge in [0.25, 0.3) is 0 Å². The molecular formula is C40H39N5O2. The number of hydrogen-bond acceptors (Lipinski definition) is 6. The number of esters is 1. The number of ether oxygens (including phenoxy) is 1. The van der Waals surface area contributed by atoms with E-state index in [0.717, 1.165) is 76.3 Å². The Morgan fingerprint density at radius 2 is 1.38 bits per heavy atom. The van der Waals surface area contributed by atoms with Gasteiger partial charge in [0.15, 0.2) is 0 Å². The van der Waals surface area contributed by atoms with Crippen molar-refractivity contribution in [3.05, 3.63) is 150 Å². The number of rotatable bonds is 9. The fourth-order valence-electron chi connectivity index (χ4n) is 6.96. The van der Waals surface area contributed by atoms with Crippen molar-refractivity contribution >= 4 is 22.6 Å². The molecule has 4 aromatic carbocycles. The number of nitrogens with zero attached hydrogens (tertiary/aromatic N) is 5. The maximum atomic E-state index is 12.1. The lowest BCUT2D eigenvalue weighted by molar-refractivity contribution is -0.144. The molecule has 0 unspecified atom stereocenters. The molecule has 1 saturated heterocycles. The quantitative estimate of drug-likeness (QED) is 0.129. The van der Waals surface area contributed by atoms with Crippen LogP contribution in [-0.4, -0.2) is 65.0 Å². The van der Waals surface area contributed by atoms with E-state index in [1.165, 1.54) is 0 Å². The van der Waals surface area contributed by atoms with Crippen molar-refractivity contribution < 1.29 is 9.53 Å². The van der Waals surface area contributed by atoms with Crippen LogP contribution in [0, 0.1) is 6.92 Å². The summed E-state index contributed by atoms with van der Waals surface area (Å²) in [5.74, 6) is -0.160. The van der Waals surface area contributed by atoms with Crippen LogP contribution in [0.15, 0.2) is 128 Å². The van der Waals surface area contributed by atoms with Crippen LogP contribution in [0.25, 0.3) is 22.0 Å². The lowest BCUT2D eigenvalue weighted by Crippen LogP contribution is -2.48. The second-order valence-corrected chi connectivity index (χ2v) is 12.0. The van der Waals surface area contributed by atoms with E-state index in [4.69, 9.17) is 14.8 Å². The number of aromatic nitrogens is 3. The molecule has 0 radical (unpaired) electrons. The van der Waals surface area contributed by atoms with Gasteiger partial charge in [-0.25, -0.2) is 0 Å². The van der Waals surface area contributed by atoms with Crippen molar-refractivity contribution in [2.75, 3.05) is 44.2 Å². The molecule has 0 spiro atoms. The Hall–Kier alpha value is -5.27. The summed E-state index contributed by atoms with van der Waals surface area (Å²) in [5.41, 5.74) is 7.97. The molecule has 7 heteroatoms. The first-order valence-electron chi connectivity index (χ1n) is 16.3. The minimum Gasteiger partial charge on any atom is -0.465 e. The molecular weight excluding hydrogens is 582 g/mol. The monoisotopic (exact) mass is 621 g/mol. The van der Waals surface area contributed by atoms with Crippen molar-refractivity contribution in [3.63, 3.8) is 0 Å². The summed E-state index contributed by atoms with van der Waals surface area (Å²) in [7, 11) is 0. The second-order valence-electron chi connectivity index (χ2n) is 12.0. The van der Waals surface area contributed by atoms with E-state index in [1.54, 1.807) is 0 Å². The van der Waals surface area contributed by atoms with Gasteiger partial charge in [-0.3, -0.25) is 19.4 Å². The normalized spacial score (nSPS) is 14.0. The van der Waals surface area contributed by atoms with Crippen molar-refractivity contribution in [1.29, 1.82) is 0 Å². The summed E-state index contributed by atoms with van der Waals surface area (Å²) in [6.07, 6.45) is 4.09. The zero-order chi connectivity index (χ0) is 32.2. The van der Waals surface area contributed by atoms with Gasteiger partial charge in [-0.1, -0.05) is 97.1 Å². The second kappa shape index (κ2) is 13.2. The highest BCUT2D eigenvalue weighted by atomic mass is 16.5. The van der Waals surface area contributed by atoms with Gasteiger partial charge in [-0.05, 0) is 54.3 Å². The highest BCUT2D eigenvalue weighted by molar-refractivity contribution is 5.95. The third kappa shape index (κ3) is 5.79. The van der Waals surface area contributed by atoms with Crippen molar-refractivity contribution in [2.24, 2.45) is 0 Å². The first-order chi connectivity index (χ1) is 23.1. The fourth-order valence-corrected chi connectivity index (χ4v) is 6.96. The van der Waals surface area contributed by atoms with Crippen LogP contribution in [-0.2, 0) is 15.1 Å². The van der Waals surface area contributed by atoms with Gasteiger partial charge in [-0.2, -0.15) is 5.10 Å². The van der Waals surface area contributed by atoms with Crippen LogP contribution < -0.4 is 4.90 Å². The summed E-state index contributed by atoms with van der Waals surface area (Å²) in [4.78, 5) is 21.3. The molecule has 0 saturated carbocycles. The Kier molecular flexibility index (Phi) is 8.55. The Labute approximate surface area is 276 Å². The van der Waals surface area contributed by atoms with Gasteiger partial charge in [0.05, 0.1) is 24.4 Å². The average Bonchev–Trinajstić information content (AvgIpc) is 3.51. The van der Waals surface area contributed by atoms with Gasteiger partial charge in [0.2, 0.25) is 0 Å². The zero-order valence-corrected chi connectivity index (χ0v) is 26.9. The van der Waals surface area contributed by atoms with Gasteiger partial charge in [-0.15, -0.1) is 0 Å². The molecule has 2 aromatic heterocycles. The minimum absolute atomic E-state index is 0.160. The maximum absolute atomic E-state index is 12.1. The smallest absolute Gasteiger partial charge is 0.320 e. The Bertz CT molecular complexity index is 1870. The summed E-state index contributed by atoms with van der Waals surface area (Å²) >= 11 is 0. The molecule has 7 rings (SSSR count). The number of carbonyl (C=O) groups is 1. The van der Waals surface area contributed by atoms with E-state index in [9.17, 15) is 4.79 Å². The van der Waals surface area contributed by atoms with E-state index < -0.39 is 5.54 Å².